The number of nitrogens with zero attached hydrogens (tertiary/aromatic N) is 3. The smallest absolute Gasteiger partial charge is 0.338 e. The van der Waals surface area contributed by atoms with E-state index in [1.165, 1.54) is 4.31 Å². The van der Waals surface area contributed by atoms with Crippen molar-refractivity contribution in [3.8, 4) is 0 Å². The number of ether oxygens (including phenoxy) is 1. The van der Waals surface area contributed by atoms with Gasteiger partial charge in [-0.25, -0.2) is 13.2 Å². The lowest BCUT2D eigenvalue weighted by atomic mass is 10.2. The molecule has 0 unspecified atom stereocenters. The molecule has 0 bridgehead atoms. The lowest BCUT2D eigenvalue weighted by Gasteiger charge is -2.16. The van der Waals surface area contributed by atoms with Crippen LogP contribution in [0.5, 0.6) is 0 Å². The zero-order valence-corrected chi connectivity index (χ0v) is 14.8. The molecule has 0 amide bonds. The molecule has 0 N–H and O–H groups in total. The highest BCUT2D eigenvalue weighted by atomic mass is 32.2. The summed E-state index contributed by atoms with van der Waals surface area (Å²) in [6.07, 6.45) is 0.606. The molecule has 0 aliphatic carbocycles. The van der Waals surface area contributed by atoms with Crippen LogP contribution in [0.15, 0.2) is 28.8 Å². The number of hydrogen-bond donors (Lipinski definition) is 0. The van der Waals surface area contributed by atoms with Gasteiger partial charge < -0.3 is 9.26 Å². The Morgan fingerprint density at radius 3 is 2.60 bits per heavy atom. The molecule has 25 heavy (non-hydrogen) atoms. The van der Waals surface area contributed by atoms with Crippen molar-refractivity contribution in [3.05, 3.63) is 41.5 Å². The Morgan fingerprint density at radius 2 is 2.04 bits per heavy atom. The van der Waals surface area contributed by atoms with Crippen LogP contribution in [-0.2, 0) is 21.4 Å². The van der Waals surface area contributed by atoms with Crippen LogP contribution in [-0.4, -0.2) is 36.8 Å². The monoisotopic (exact) mass is 365 g/mol. The molecule has 0 saturated carbocycles. The standard InChI is InChI=1S/C16H19N3O5S/c1-11(2)15-17-14(24-18-15)10-23-16(20)12-4-6-13(7-5-12)19-8-3-9-25(19,21)22/h4-7,11H,3,8-10H2,1-2H3. The molecule has 1 aromatic carbocycles. The van der Waals surface area contributed by atoms with Crippen LogP contribution in [0.4, 0.5) is 5.69 Å². The number of carbonyl (C=O) groups excluding carboxylic acids is 1. The Balaban J connectivity index is 1.62. The molecule has 1 aliphatic rings. The van der Waals surface area contributed by atoms with Gasteiger partial charge in [0, 0.05) is 12.5 Å². The van der Waals surface area contributed by atoms with Crippen LogP contribution in [0.25, 0.3) is 0 Å². The fourth-order valence-corrected chi connectivity index (χ4v) is 4.03. The maximum atomic E-state index is 12.1. The molecular formula is C16H19N3O5S. The highest BCUT2D eigenvalue weighted by molar-refractivity contribution is 7.93. The maximum Gasteiger partial charge on any atom is 0.338 e. The molecule has 0 radical (unpaired) electrons. The molecule has 1 saturated heterocycles. The van der Waals surface area contributed by atoms with E-state index < -0.39 is 16.0 Å². The molecule has 1 aromatic heterocycles. The number of sulfonamides is 1. The first kappa shape index (κ1) is 17.4. The van der Waals surface area contributed by atoms with Gasteiger partial charge in [-0.1, -0.05) is 19.0 Å². The van der Waals surface area contributed by atoms with Gasteiger partial charge in [0.25, 0.3) is 5.89 Å². The number of esters is 1. The maximum absolute atomic E-state index is 12.1. The van der Waals surface area contributed by atoms with Gasteiger partial charge >= 0.3 is 5.97 Å². The van der Waals surface area contributed by atoms with E-state index in [1.807, 2.05) is 13.8 Å². The van der Waals surface area contributed by atoms with Gasteiger partial charge in [0.2, 0.25) is 10.0 Å². The van der Waals surface area contributed by atoms with Gasteiger partial charge in [0.05, 0.1) is 17.0 Å². The molecule has 1 fully saturated rings. The minimum atomic E-state index is -3.23. The summed E-state index contributed by atoms with van der Waals surface area (Å²) in [6, 6.07) is 6.28. The van der Waals surface area contributed by atoms with Gasteiger partial charge in [-0.2, -0.15) is 4.98 Å². The fourth-order valence-electron chi connectivity index (χ4n) is 2.47. The number of hydrogen-bond acceptors (Lipinski definition) is 7. The first-order valence-electron chi connectivity index (χ1n) is 7.97. The van der Waals surface area contributed by atoms with Crippen molar-refractivity contribution in [1.29, 1.82) is 0 Å². The summed E-state index contributed by atoms with van der Waals surface area (Å²) in [5.74, 6) is 0.529. The highest BCUT2D eigenvalue weighted by Gasteiger charge is 2.28. The van der Waals surface area contributed by atoms with Gasteiger partial charge in [-0.3, -0.25) is 4.31 Å². The van der Waals surface area contributed by atoms with E-state index in [2.05, 4.69) is 10.1 Å². The second-order valence-corrected chi connectivity index (χ2v) is 8.08. The summed E-state index contributed by atoms with van der Waals surface area (Å²) in [7, 11) is -3.23. The van der Waals surface area contributed by atoms with E-state index in [4.69, 9.17) is 9.26 Å². The highest BCUT2D eigenvalue weighted by Crippen LogP contribution is 2.24. The van der Waals surface area contributed by atoms with Gasteiger partial charge in [0.15, 0.2) is 12.4 Å². The molecular weight excluding hydrogens is 346 g/mol. The Hall–Kier alpha value is -2.42. The zero-order valence-electron chi connectivity index (χ0n) is 14.0. The predicted octanol–water partition coefficient (Wildman–Crippen LogP) is 2.09. The Kier molecular flexibility index (Phi) is 4.76. The van der Waals surface area contributed by atoms with Crippen LogP contribution in [0.2, 0.25) is 0 Å². The first-order valence-corrected chi connectivity index (χ1v) is 9.58. The quantitative estimate of drug-likeness (QED) is 0.747. The molecule has 2 heterocycles. The topological polar surface area (TPSA) is 103 Å². The largest absolute Gasteiger partial charge is 0.452 e. The third kappa shape index (κ3) is 3.81. The van der Waals surface area contributed by atoms with Crippen LogP contribution in [0.3, 0.4) is 0 Å². The number of carbonyl (C=O) groups is 1. The third-order valence-electron chi connectivity index (χ3n) is 3.82. The van der Waals surface area contributed by atoms with Gasteiger partial charge in [-0.05, 0) is 30.7 Å². The van der Waals surface area contributed by atoms with E-state index >= 15 is 0 Å². The first-order chi connectivity index (χ1) is 11.9. The zero-order chi connectivity index (χ0) is 18.0. The molecule has 0 atom stereocenters. The molecule has 0 spiro atoms. The van der Waals surface area contributed by atoms with Crippen LogP contribution < -0.4 is 4.31 Å². The molecule has 8 nitrogen and oxygen atoms in total. The van der Waals surface area contributed by atoms with Crippen molar-refractivity contribution in [2.24, 2.45) is 0 Å². The van der Waals surface area contributed by atoms with Crippen molar-refractivity contribution in [3.63, 3.8) is 0 Å². The van der Waals surface area contributed by atoms with Crippen LogP contribution >= 0.6 is 0 Å². The van der Waals surface area contributed by atoms with Crippen molar-refractivity contribution in [2.75, 3.05) is 16.6 Å². The van der Waals surface area contributed by atoms with Crippen LogP contribution in [0.1, 0.15) is 48.3 Å². The molecule has 9 heteroatoms. The lowest BCUT2D eigenvalue weighted by Crippen LogP contribution is -2.25. The van der Waals surface area contributed by atoms with Crippen molar-refractivity contribution >= 4 is 21.7 Å². The summed E-state index contributed by atoms with van der Waals surface area (Å²) < 4.78 is 35.3. The average molecular weight is 365 g/mol. The predicted molar refractivity (Wildman–Crippen MR) is 89.7 cm³/mol. The third-order valence-corrected chi connectivity index (χ3v) is 5.69. The van der Waals surface area contributed by atoms with E-state index in [0.717, 1.165) is 0 Å². The SMILES string of the molecule is CC(C)c1noc(COC(=O)c2ccc(N3CCCS3(=O)=O)cc2)n1. The molecule has 134 valence electrons. The van der Waals surface area contributed by atoms with Crippen molar-refractivity contribution < 1.29 is 22.5 Å². The van der Waals surface area contributed by atoms with Gasteiger partial charge in [-0.15, -0.1) is 0 Å². The summed E-state index contributed by atoms with van der Waals surface area (Å²) in [4.78, 5) is 16.2. The number of benzene rings is 1. The fraction of sp³-hybridized carbons (Fsp3) is 0.438. The van der Waals surface area contributed by atoms with E-state index in [0.29, 0.717) is 30.0 Å². The van der Waals surface area contributed by atoms with Crippen molar-refractivity contribution in [2.45, 2.75) is 32.8 Å². The van der Waals surface area contributed by atoms with E-state index in [9.17, 15) is 13.2 Å². The Labute approximate surface area is 145 Å². The van der Waals surface area contributed by atoms with E-state index in [1.54, 1.807) is 24.3 Å². The lowest BCUT2D eigenvalue weighted by molar-refractivity contribution is 0.0430. The Bertz CT molecular complexity index is 858. The van der Waals surface area contributed by atoms with E-state index in [-0.39, 0.29) is 24.2 Å². The number of rotatable bonds is 5. The summed E-state index contributed by atoms with van der Waals surface area (Å²) >= 11 is 0. The number of anilines is 1. The molecule has 1 aliphatic heterocycles. The van der Waals surface area contributed by atoms with Crippen molar-refractivity contribution in [1.82, 2.24) is 10.1 Å². The summed E-state index contributed by atoms with van der Waals surface area (Å²) in [5.41, 5.74) is 0.872. The summed E-state index contributed by atoms with van der Waals surface area (Å²) in [5, 5.41) is 3.80. The normalized spacial score (nSPS) is 16.4. The van der Waals surface area contributed by atoms with Gasteiger partial charge in [0.1, 0.15) is 0 Å². The second-order valence-electron chi connectivity index (χ2n) is 6.07. The molecule has 2 aromatic rings. The Morgan fingerprint density at radius 1 is 1.32 bits per heavy atom. The minimum absolute atomic E-state index is 0.110. The summed E-state index contributed by atoms with van der Waals surface area (Å²) in [6.45, 7) is 4.22. The average Bonchev–Trinajstić information content (AvgIpc) is 3.19. The van der Waals surface area contributed by atoms with Crippen LogP contribution in [0, 0.1) is 0 Å². The number of aromatic nitrogens is 2. The minimum Gasteiger partial charge on any atom is -0.452 e. The molecule has 3 rings (SSSR count). The second kappa shape index (κ2) is 6.83.